The Kier molecular flexibility index (Phi) is 9.14. The monoisotopic (exact) mass is 412 g/mol. The van der Waals surface area contributed by atoms with Gasteiger partial charge in [-0.2, -0.15) is 4.31 Å². The van der Waals surface area contributed by atoms with E-state index in [4.69, 9.17) is 9.47 Å². The number of amides is 1. The van der Waals surface area contributed by atoms with Gasteiger partial charge in [0.1, 0.15) is 10.6 Å². The molecule has 0 bridgehead atoms. The highest BCUT2D eigenvalue weighted by atomic mass is 32.2. The zero-order valence-electron chi connectivity index (χ0n) is 16.9. The van der Waals surface area contributed by atoms with E-state index in [2.05, 4.69) is 5.32 Å². The number of carbonyl (C=O) groups is 2. The van der Waals surface area contributed by atoms with Crippen LogP contribution in [-0.4, -0.2) is 50.9 Å². The smallest absolute Gasteiger partial charge is 0.331 e. The first-order valence-corrected chi connectivity index (χ1v) is 10.5. The molecule has 1 aromatic rings. The molecule has 0 fully saturated rings. The minimum atomic E-state index is -3.79. The Balaban J connectivity index is 3.05. The van der Waals surface area contributed by atoms with Crippen LogP contribution in [0.1, 0.15) is 34.6 Å². The van der Waals surface area contributed by atoms with E-state index in [1.807, 2.05) is 0 Å². The van der Waals surface area contributed by atoms with Gasteiger partial charge in [0.15, 0.2) is 6.61 Å². The zero-order valence-corrected chi connectivity index (χ0v) is 17.8. The summed E-state index contributed by atoms with van der Waals surface area (Å²) in [5.41, 5.74) is 1.01. The highest BCUT2D eigenvalue weighted by molar-refractivity contribution is 7.89. The quantitative estimate of drug-likeness (QED) is 0.468. The Morgan fingerprint density at radius 2 is 1.79 bits per heavy atom. The van der Waals surface area contributed by atoms with Crippen LogP contribution in [0.15, 0.2) is 34.7 Å². The molecule has 1 rings (SSSR count). The van der Waals surface area contributed by atoms with Gasteiger partial charge in [-0.05, 0) is 39.0 Å². The van der Waals surface area contributed by atoms with E-state index in [0.717, 1.165) is 5.57 Å². The van der Waals surface area contributed by atoms with Gasteiger partial charge in [0, 0.05) is 24.9 Å². The van der Waals surface area contributed by atoms with Gasteiger partial charge in [-0.25, -0.2) is 13.2 Å². The third-order valence-corrected chi connectivity index (χ3v) is 5.67. The molecule has 0 saturated heterocycles. The number of hydrogen-bond acceptors (Lipinski definition) is 6. The summed E-state index contributed by atoms with van der Waals surface area (Å²) in [6.07, 6.45) is 1.28. The maximum Gasteiger partial charge on any atom is 0.331 e. The normalized spacial score (nSPS) is 11.1. The van der Waals surface area contributed by atoms with Crippen molar-refractivity contribution in [3.8, 4) is 5.75 Å². The number of anilines is 1. The number of benzene rings is 1. The topological polar surface area (TPSA) is 102 Å². The second-order valence-electron chi connectivity index (χ2n) is 6.06. The van der Waals surface area contributed by atoms with Gasteiger partial charge in [0.2, 0.25) is 10.0 Å². The van der Waals surface area contributed by atoms with Crippen molar-refractivity contribution in [2.45, 2.75) is 39.5 Å². The molecule has 0 atom stereocenters. The van der Waals surface area contributed by atoms with Gasteiger partial charge in [0.05, 0.1) is 6.61 Å². The van der Waals surface area contributed by atoms with Crippen LogP contribution >= 0.6 is 0 Å². The maximum absolute atomic E-state index is 12.9. The molecule has 0 unspecified atom stereocenters. The van der Waals surface area contributed by atoms with Gasteiger partial charge in [-0.1, -0.05) is 19.4 Å². The summed E-state index contributed by atoms with van der Waals surface area (Å²) in [6, 6.07) is 4.36. The lowest BCUT2D eigenvalue weighted by Gasteiger charge is -2.21. The Morgan fingerprint density at radius 1 is 1.14 bits per heavy atom. The predicted octanol–water partition coefficient (Wildman–Crippen LogP) is 2.56. The Labute approximate surface area is 166 Å². The van der Waals surface area contributed by atoms with Crippen molar-refractivity contribution in [1.29, 1.82) is 0 Å². The van der Waals surface area contributed by atoms with Crippen LogP contribution in [0.4, 0.5) is 5.69 Å². The average molecular weight is 413 g/mol. The molecular weight excluding hydrogens is 384 g/mol. The predicted molar refractivity (Wildman–Crippen MR) is 107 cm³/mol. The average Bonchev–Trinajstić information content (AvgIpc) is 2.61. The molecule has 1 N–H and O–H groups in total. The molecule has 0 aromatic heterocycles. The zero-order chi connectivity index (χ0) is 21.3. The van der Waals surface area contributed by atoms with Gasteiger partial charge in [0.25, 0.3) is 5.91 Å². The molecule has 0 aliphatic carbocycles. The third kappa shape index (κ3) is 6.65. The molecule has 0 saturated carbocycles. The lowest BCUT2D eigenvalue weighted by Crippen LogP contribution is -2.31. The molecule has 1 aromatic carbocycles. The van der Waals surface area contributed by atoms with E-state index in [1.54, 1.807) is 34.6 Å². The number of sulfonamides is 1. The summed E-state index contributed by atoms with van der Waals surface area (Å²) >= 11 is 0. The van der Waals surface area contributed by atoms with E-state index >= 15 is 0 Å². The number of rotatable bonds is 10. The van der Waals surface area contributed by atoms with E-state index in [0.29, 0.717) is 19.7 Å². The largest absolute Gasteiger partial charge is 0.492 e. The molecule has 28 heavy (non-hydrogen) atoms. The summed E-state index contributed by atoms with van der Waals surface area (Å²) in [4.78, 5) is 23.5. The molecular formula is C19H28N2O6S. The van der Waals surface area contributed by atoms with E-state index < -0.39 is 28.5 Å². The lowest BCUT2D eigenvalue weighted by atomic mass is 10.3. The molecule has 0 heterocycles. The van der Waals surface area contributed by atoms with E-state index in [-0.39, 0.29) is 16.3 Å². The minimum Gasteiger partial charge on any atom is -0.492 e. The van der Waals surface area contributed by atoms with Crippen LogP contribution in [0.2, 0.25) is 0 Å². The first kappa shape index (κ1) is 23.6. The van der Waals surface area contributed by atoms with Crippen molar-refractivity contribution in [2.24, 2.45) is 0 Å². The number of ether oxygens (including phenoxy) is 2. The second-order valence-corrected chi connectivity index (χ2v) is 7.97. The van der Waals surface area contributed by atoms with Crippen LogP contribution < -0.4 is 10.1 Å². The van der Waals surface area contributed by atoms with Crippen molar-refractivity contribution in [1.82, 2.24) is 4.31 Å². The SMILES string of the molecule is CCOc1ccc(NC(=O)COC(=O)C=C(C)C)cc1S(=O)(=O)N(CC)CC. The van der Waals surface area contributed by atoms with Crippen LogP contribution in [0.5, 0.6) is 5.75 Å². The first-order valence-electron chi connectivity index (χ1n) is 9.04. The van der Waals surface area contributed by atoms with Gasteiger partial charge in [-0.3, -0.25) is 4.79 Å². The van der Waals surface area contributed by atoms with E-state index in [9.17, 15) is 18.0 Å². The molecule has 0 aliphatic heterocycles. The maximum atomic E-state index is 12.9. The van der Waals surface area contributed by atoms with E-state index in [1.165, 1.54) is 28.6 Å². The van der Waals surface area contributed by atoms with Crippen molar-refractivity contribution in [3.63, 3.8) is 0 Å². The number of allylic oxidation sites excluding steroid dienone is 1. The molecule has 0 aliphatic rings. The molecule has 1 amide bonds. The number of nitrogens with one attached hydrogen (secondary N) is 1. The highest BCUT2D eigenvalue weighted by Crippen LogP contribution is 2.30. The summed E-state index contributed by atoms with van der Waals surface area (Å²) in [7, 11) is -3.79. The molecule has 0 spiro atoms. The Morgan fingerprint density at radius 3 is 2.32 bits per heavy atom. The third-order valence-electron chi connectivity index (χ3n) is 3.60. The minimum absolute atomic E-state index is 0.0302. The highest BCUT2D eigenvalue weighted by Gasteiger charge is 2.26. The summed E-state index contributed by atoms with van der Waals surface area (Å²) in [5, 5.41) is 2.53. The molecule has 156 valence electrons. The molecule has 9 heteroatoms. The number of esters is 1. The fourth-order valence-corrected chi connectivity index (χ4v) is 3.99. The molecule has 0 radical (unpaired) electrons. The van der Waals surface area contributed by atoms with Crippen molar-refractivity contribution < 1.29 is 27.5 Å². The van der Waals surface area contributed by atoms with Crippen LogP contribution in [0, 0.1) is 0 Å². The first-order chi connectivity index (χ1) is 13.1. The van der Waals surface area contributed by atoms with Gasteiger partial charge in [-0.15, -0.1) is 0 Å². The lowest BCUT2D eigenvalue weighted by molar-refractivity contribution is -0.142. The number of nitrogens with zero attached hydrogens (tertiary/aromatic N) is 1. The summed E-state index contributed by atoms with van der Waals surface area (Å²) in [5.74, 6) is -0.986. The Bertz CT molecular complexity index is 825. The van der Waals surface area contributed by atoms with Crippen molar-refractivity contribution in [2.75, 3.05) is 31.6 Å². The number of hydrogen-bond donors (Lipinski definition) is 1. The van der Waals surface area contributed by atoms with Crippen molar-refractivity contribution in [3.05, 3.63) is 29.8 Å². The summed E-state index contributed by atoms with van der Waals surface area (Å²) < 4.78 is 37.4. The standard InChI is InChI=1S/C19H28N2O6S/c1-6-21(7-2)28(24,25)17-12-15(9-10-16(17)26-8-3)20-18(22)13-27-19(23)11-14(4)5/h9-12H,6-8,13H2,1-5H3,(H,20,22). The fourth-order valence-electron chi connectivity index (χ4n) is 2.38. The number of carbonyl (C=O) groups excluding carboxylic acids is 2. The van der Waals surface area contributed by atoms with Crippen LogP contribution in [0.25, 0.3) is 0 Å². The Hall–Kier alpha value is -2.39. The van der Waals surface area contributed by atoms with Crippen LogP contribution in [0.3, 0.4) is 0 Å². The van der Waals surface area contributed by atoms with Gasteiger partial charge >= 0.3 is 5.97 Å². The summed E-state index contributed by atoms with van der Waals surface area (Å²) in [6.45, 7) is 9.15. The van der Waals surface area contributed by atoms with Crippen LogP contribution in [-0.2, 0) is 24.3 Å². The van der Waals surface area contributed by atoms with Crippen molar-refractivity contribution >= 4 is 27.6 Å². The fraction of sp³-hybridized carbons (Fsp3) is 0.474. The second kappa shape index (κ2) is 10.8. The van der Waals surface area contributed by atoms with Gasteiger partial charge < -0.3 is 14.8 Å². The molecule has 8 nitrogen and oxygen atoms in total.